The number of hydrogen-bond acceptors (Lipinski definition) is 4. The first kappa shape index (κ1) is 21.5. The van der Waals surface area contributed by atoms with E-state index in [9.17, 15) is 4.79 Å². The molecule has 0 saturated carbocycles. The molecular weight excluding hydrogens is 360 g/mol. The molecule has 0 bridgehead atoms. The van der Waals surface area contributed by atoms with Gasteiger partial charge in [0, 0.05) is 18.7 Å². The summed E-state index contributed by atoms with van der Waals surface area (Å²) < 4.78 is 5.20. The zero-order valence-electron chi connectivity index (χ0n) is 18.1. The zero-order chi connectivity index (χ0) is 20.6. The Kier molecular flexibility index (Phi) is 7.82. The van der Waals surface area contributed by atoms with Crippen molar-refractivity contribution in [2.24, 2.45) is 11.8 Å². The minimum absolute atomic E-state index is 0.131. The van der Waals surface area contributed by atoms with E-state index >= 15 is 0 Å². The highest BCUT2D eigenvalue weighted by Gasteiger charge is 2.26. The van der Waals surface area contributed by atoms with Gasteiger partial charge in [-0.1, -0.05) is 32.0 Å². The molecule has 0 aliphatic carbocycles. The van der Waals surface area contributed by atoms with Gasteiger partial charge in [-0.05, 0) is 80.4 Å². The Balaban J connectivity index is 1.45. The number of hydrogen-bond donors (Lipinski definition) is 0. The molecule has 0 radical (unpaired) electrons. The molecule has 0 unspecified atom stereocenters. The van der Waals surface area contributed by atoms with Crippen LogP contribution in [0.3, 0.4) is 0 Å². The maximum absolute atomic E-state index is 12.8. The van der Waals surface area contributed by atoms with Gasteiger partial charge in [0.2, 0.25) is 0 Å². The number of rotatable bonds is 9. The van der Waals surface area contributed by atoms with Gasteiger partial charge in [0.05, 0.1) is 7.11 Å². The van der Waals surface area contributed by atoms with Crippen molar-refractivity contribution in [2.75, 3.05) is 26.7 Å². The Bertz CT molecular complexity index is 760. The average Bonchev–Trinajstić information content (AvgIpc) is 2.74. The van der Waals surface area contributed by atoms with Crippen LogP contribution in [0.15, 0.2) is 42.6 Å². The van der Waals surface area contributed by atoms with Gasteiger partial charge in [0.15, 0.2) is 5.78 Å². The molecule has 1 fully saturated rings. The molecule has 0 atom stereocenters. The van der Waals surface area contributed by atoms with Crippen LogP contribution in [0.4, 0.5) is 0 Å². The largest absolute Gasteiger partial charge is 0.497 e. The van der Waals surface area contributed by atoms with Crippen LogP contribution in [-0.4, -0.2) is 42.4 Å². The molecule has 1 aliphatic rings. The first-order valence-corrected chi connectivity index (χ1v) is 10.9. The molecule has 1 aromatic carbocycles. The van der Waals surface area contributed by atoms with E-state index in [0.29, 0.717) is 11.6 Å². The number of piperidine rings is 1. The van der Waals surface area contributed by atoms with Crippen LogP contribution in [0, 0.1) is 11.8 Å². The molecule has 0 spiro atoms. The molecule has 4 nitrogen and oxygen atoms in total. The number of nitrogens with zero attached hydrogens (tertiary/aromatic N) is 2. The Labute approximate surface area is 175 Å². The van der Waals surface area contributed by atoms with Crippen LogP contribution in [-0.2, 0) is 12.8 Å². The van der Waals surface area contributed by atoms with Crippen molar-refractivity contribution in [3.8, 4) is 5.75 Å². The summed E-state index contributed by atoms with van der Waals surface area (Å²) in [4.78, 5) is 19.8. The third-order valence-electron chi connectivity index (χ3n) is 5.75. The van der Waals surface area contributed by atoms with Gasteiger partial charge in [-0.2, -0.15) is 0 Å². The Morgan fingerprint density at radius 3 is 2.31 bits per heavy atom. The van der Waals surface area contributed by atoms with Crippen LogP contribution in [0.5, 0.6) is 5.75 Å². The van der Waals surface area contributed by atoms with Crippen molar-refractivity contribution in [2.45, 2.75) is 46.0 Å². The second kappa shape index (κ2) is 10.5. The Morgan fingerprint density at radius 1 is 1.07 bits per heavy atom. The second-order valence-corrected chi connectivity index (χ2v) is 8.59. The van der Waals surface area contributed by atoms with E-state index in [4.69, 9.17) is 4.74 Å². The van der Waals surface area contributed by atoms with E-state index in [1.165, 1.54) is 11.1 Å². The summed E-state index contributed by atoms with van der Waals surface area (Å²) in [6.07, 6.45) is 6.86. The van der Waals surface area contributed by atoms with E-state index in [1.807, 2.05) is 24.4 Å². The predicted molar refractivity (Wildman–Crippen MR) is 118 cm³/mol. The SMILES string of the molecule is COc1ccc(CCCc2ccc(C(=O)C3CCN(CC(C)C)CC3)nc2)cc1. The lowest BCUT2D eigenvalue weighted by atomic mass is 9.90. The maximum atomic E-state index is 12.8. The lowest BCUT2D eigenvalue weighted by Gasteiger charge is -2.32. The highest BCUT2D eigenvalue weighted by Crippen LogP contribution is 2.22. The Morgan fingerprint density at radius 2 is 1.72 bits per heavy atom. The van der Waals surface area contributed by atoms with Gasteiger partial charge in [-0.25, -0.2) is 0 Å². The number of benzene rings is 1. The fraction of sp³-hybridized carbons (Fsp3) is 0.520. The third kappa shape index (κ3) is 6.40. The van der Waals surface area contributed by atoms with Gasteiger partial charge in [0.1, 0.15) is 11.4 Å². The quantitative estimate of drug-likeness (QED) is 0.572. The molecule has 29 heavy (non-hydrogen) atoms. The molecule has 156 valence electrons. The molecule has 0 amide bonds. The molecule has 3 rings (SSSR count). The van der Waals surface area contributed by atoms with Gasteiger partial charge in [-0.15, -0.1) is 0 Å². The number of ether oxygens (including phenoxy) is 1. The summed E-state index contributed by atoms with van der Waals surface area (Å²) in [5, 5.41) is 0. The smallest absolute Gasteiger partial charge is 0.184 e. The van der Waals surface area contributed by atoms with Crippen LogP contribution in [0.2, 0.25) is 0 Å². The molecule has 0 N–H and O–H groups in total. The summed E-state index contributed by atoms with van der Waals surface area (Å²) >= 11 is 0. The Hall–Kier alpha value is -2.20. The van der Waals surface area contributed by atoms with Crippen molar-refractivity contribution < 1.29 is 9.53 Å². The van der Waals surface area contributed by atoms with Gasteiger partial charge in [0.25, 0.3) is 0 Å². The van der Waals surface area contributed by atoms with Crippen LogP contribution in [0.1, 0.15) is 54.7 Å². The monoisotopic (exact) mass is 394 g/mol. The number of methoxy groups -OCH3 is 1. The van der Waals surface area contributed by atoms with Crippen molar-refractivity contribution in [3.63, 3.8) is 0 Å². The van der Waals surface area contributed by atoms with Crippen molar-refractivity contribution in [1.82, 2.24) is 9.88 Å². The van der Waals surface area contributed by atoms with Crippen molar-refractivity contribution in [1.29, 1.82) is 0 Å². The number of carbonyl (C=O) groups excluding carboxylic acids is 1. The second-order valence-electron chi connectivity index (χ2n) is 8.59. The van der Waals surface area contributed by atoms with Crippen LogP contribution >= 0.6 is 0 Å². The first-order valence-electron chi connectivity index (χ1n) is 10.9. The van der Waals surface area contributed by atoms with Crippen LogP contribution < -0.4 is 4.74 Å². The number of carbonyl (C=O) groups is 1. The third-order valence-corrected chi connectivity index (χ3v) is 5.75. The molecule has 2 aromatic rings. The lowest BCUT2D eigenvalue weighted by molar-refractivity contribution is 0.0826. The lowest BCUT2D eigenvalue weighted by Crippen LogP contribution is -2.38. The fourth-order valence-corrected chi connectivity index (χ4v) is 4.11. The van der Waals surface area contributed by atoms with E-state index in [2.05, 4.69) is 41.9 Å². The molecule has 1 saturated heterocycles. The highest BCUT2D eigenvalue weighted by molar-refractivity contribution is 5.96. The summed E-state index contributed by atoms with van der Waals surface area (Å²) in [7, 11) is 1.69. The molecule has 2 heterocycles. The number of pyridine rings is 1. The highest BCUT2D eigenvalue weighted by atomic mass is 16.5. The van der Waals surface area contributed by atoms with Crippen molar-refractivity contribution >= 4 is 5.78 Å². The standard InChI is InChI=1S/C25H34N2O2/c1-19(2)18-27-15-13-22(14-16-27)25(28)24-12-9-21(17-26-24)6-4-5-20-7-10-23(29-3)11-8-20/h7-12,17,19,22H,4-6,13-16,18H2,1-3H3. The molecule has 1 aliphatic heterocycles. The molecular formula is C25H34N2O2. The summed E-state index contributed by atoms with van der Waals surface area (Å²) in [5.41, 5.74) is 3.14. The number of aromatic nitrogens is 1. The number of Topliss-reactive ketones (excluding diaryl/α,β-unsaturated/α-hetero) is 1. The fourth-order valence-electron chi connectivity index (χ4n) is 4.11. The predicted octanol–water partition coefficient (Wildman–Crippen LogP) is 4.82. The van der Waals surface area contributed by atoms with E-state index in [-0.39, 0.29) is 11.7 Å². The topological polar surface area (TPSA) is 42.4 Å². The maximum Gasteiger partial charge on any atom is 0.184 e. The van der Waals surface area contributed by atoms with E-state index < -0.39 is 0 Å². The minimum Gasteiger partial charge on any atom is -0.497 e. The first-order chi connectivity index (χ1) is 14.0. The van der Waals surface area contributed by atoms with Gasteiger partial charge in [-0.3, -0.25) is 9.78 Å². The number of ketones is 1. The van der Waals surface area contributed by atoms with Gasteiger partial charge < -0.3 is 9.64 Å². The summed E-state index contributed by atoms with van der Waals surface area (Å²) in [5.74, 6) is 1.93. The number of aryl methyl sites for hydroxylation is 2. The summed E-state index contributed by atoms with van der Waals surface area (Å²) in [6.45, 7) is 7.68. The number of likely N-dealkylation sites (tertiary alicyclic amines) is 1. The molecule has 1 aromatic heterocycles. The van der Waals surface area contributed by atoms with Crippen LogP contribution in [0.25, 0.3) is 0 Å². The normalized spacial score (nSPS) is 15.6. The zero-order valence-corrected chi connectivity index (χ0v) is 18.1. The summed E-state index contributed by atoms with van der Waals surface area (Å²) in [6, 6.07) is 12.2. The van der Waals surface area contributed by atoms with E-state index in [1.54, 1.807) is 7.11 Å². The van der Waals surface area contributed by atoms with Crippen molar-refractivity contribution in [3.05, 3.63) is 59.4 Å². The van der Waals surface area contributed by atoms with E-state index in [0.717, 1.165) is 57.5 Å². The average molecular weight is 395 g/mol. The minimum atomic E-state index is 0.131. The molecule has 4 heteroatoms. The van der Waals surface area contributed by atoms with Gasteiger partial charge >= 0.3 is 0 Å².